The van der Waals surface area contributed by atoms with Gasteiger partial charge in [-0.2, -0.15) is 5.48 Å². The predicted octanol–water partition coefficient (Wildman–Crippen LogP) is 4.84. The number of rotatable bonds is 6. The second-order valence-electron chi connectivity index (χ2n) is 13.1. The molecule has 2 unspecified atom stereocenters. The van der Waals surface area contributed by atoms with Crippen molar-refractivity contribution in [2.45, 2.75) is 122 Å². The predicted molar refractivity (Wildman–Crippen MR) is 129 cm³/mol. The topological polar surface area (TPSA) is 85.2 Å². The average molecular weight is 462 g/mol. The van der Waals surface area contributed by atoms with Gasteiger partial charge in [0.1, 0.15) is 0 Å². The largest absolute Gasteiger partial charge is 0.393 e. The molecule has 5 heteroatoms. The van der Waals surface area contributed by atoms with Gasteiger partial charge in [-0.25, -0.2) is 0 Å². The first kappa shape index (κ1) is 24.2. The second-order valence-corrected chi connectivity index (χ2v) is 13.1. The number of hydroxylamine groups is 1. The summed E-state index contributed by atoms with van der Waals surface area (Å²) in [6.45, 7) is 11.7. The van der Waals surface area contributed by atoms with Crippen LogP contribution in [0.1, 0.15) is 92.4 Å². The second kappa shape index (κ2) is 8.03. The van der Waals surface area contributed by atoms with E-state index in [-0.39, 0.29) is 16.7 Å². The molecule has 0 amide bonds. The van der Waals surface area contributed by atoms with Crippen LogP contribution in [0.2, 0.25) is 0 Å². The first-order valence-electron chi connectivity index (χ1n) is 13.7. The van der Waals surface area contributed by atoms with Crippen molar-refractivity contribution in [2.24, 2.45) is 40.4 Å². The third-order valence-electron chi connectivity index (χ3n) is 11.7. The average Bonchev–Trinajstić information content (AvgIpc) is 3.50. The molecule has 5 aliphatic rings. The van der Waals surface area contributed by atoms with E-state index in [0.717, 1.165) is 32.1 Å². The van der Waals surface area contributed by atoms with Crippen LogP contribution in [-0.2, 0) is 4.74 Å². The molecule has 1 saturated heterocycles. The van der Waals surface area contributed by atoms with Crippen LogP contribution in [0, 0.1) is 40.4 Å². The molecule has 0 bridgehead atoms. The highest BCUT2D eigenvalue weighted by molar-refractivity contribution is 5.32. The number of nitrogens with one attached hydrogen (secondary N) is 1. The molecule has 4 fully saturated rings. The first-order valence-corrected chi connectivity index (χ1v) is 13.7. The number of fused-ring (bicyclic) bond motifs is 5. The molecule has 33 heavy (non-hydrogen) atoms. The summed E-state index contributed by atoms with van der Waals surface area (Å²) >= 11 is 0. The summed E-state index contributed by atoms with van der Waals surface area (Å²) in [4.78, 5) is 0. The Morgan fingerprint density at radius 3 is 2.48 bits per heavy atom. The van der Waals surface area contributed by atoms with E-state index in [2.05, 4.69) is 46.2 Å². The van der Waals surface area contributed by atoms with Crippen LogP contribution in [-0.4, -0.2) is 44.9 Å². The lowest BCUT2D eigenvalue weighted by molar-refractivity contribution is -0.195. The van der Waals surface area contributed by atoms with Gasteiger partial charge in [0.2, 0.25) is 0 Å². The molecule has 5 rings (SSSR count). The Morgan fingerprint density at radius 1 is 1.03 bits per heavy atom. The van der Waals surface area contributed by atoms with Crippen LogP contribution in [0.5, 0.6) is 0 Å². The number of aliphatic hydroxyl groups is 2. The third kappa shape index (κ3) is 3.28. The highest BCUT2D eigenvalue weighted by Crippen LogP contribution is 2.69. The van der Waals surface area contributed by atoms with Gasteiger partial charge in [-0.3, -0.25) is 0 Å². The van der Waals surface area contributed by atoms with Gasteiger partial charge in [-0.15, -0.1) is 0 Å². The van der Waals surface area contributed by atoms with Crippen LogP contribution in [0.15, 0.2) is 12.2 Å². The van der Waals surface area contributed by atoms with E-state index in [0.29, 0.717) is 42.3 Å². The molecule has 0 radical (unpaired) electrons. The lowest BCUT2D eigenvalue weighted by atomic mass is 9.42. The minimum atomic E-state index is -1.00. The lowest BCUT2D eigenvalue weighted by Crippen LogP contribution is -2.71. The minimum absolute atomic E-state index is 0.139. The van der Waals surface area contributed by atoms with E-state index in [1.54, 1.807) is 0 Å². The molecule has 4 N–H and O–H groups in total. The van der Waals surface area contributed by atoms with Gasteiger partial charge in [0, 0.05) is 11.8 Å². The first-order chi connectivity index (χ1) is 15.6. The third-order valence-corrected chi connectivity index (χ3v) is 11.7. The molecular formula is C28H47NO4. The van der Waals surface area contributed by atoms with Gasteiger partial charge >= 0.3 is 0 Å². The molecule has 3 saturated carbocycles. The van der Waals surface area contributed by atoms with Gasteiger partial charge in [0.25, 0.3) is 0 Å². The Kier molecular flexibility index (Phi) is 5.90. The minimum Gasteiger partial charge on any atom is -0.393 e. The van der Waals surface area contributed by atoms with Gasteiger partial charge in [0.05, 0.1) is 29.5 Å². The number of ether oxygens (including phenoxy) is 1. The number of epoxide rings is 1. The van der Waals surface area contributed by atoms with E-state index in [1.807, 2.05) is 6.08 Å². The highest BCUT2D eigenvalue weighted by atomic mass is 16.6. The molecular weight excluding hydrogens is 414 g/mol. The van der Waals surface area contributed by atoms with Gasteiger partial charge in [-0.05, 0) is 80.0 Å². The zero-order valence-electron chi connectivity index (χ0n) is 21.4. The van der Waals surface area contributed by atoms with Crippen molar-refractivity contribution in [3.05, 3.63) is 12.2 Å². The Hall–Kier alpha value is -0.460. The molecule has 188 valence electrons. The van der Waals surface area contributed by atoms with E-state index < -0.39 is 17.2 Å². The summed E-state index contributed by atoms with van der Waals surface area (Å²) in [7, 11) is 0. The molecule has 0 aromatic carbocycles. The smallest absolute Gasteiger partial charge is 0.0909 e. The molecule has 1 heterocycles. The fraction of sp³-hybridized carbons (Fsp3) is 0.929. The summed E-state index contributed by atoms with van der Waals surface area (Å²) in [5.74, 6) is 2.23. The monoisotopic (exact) mass is 461 g/mol. The molecule has 4 aliphatic carbocycles. The van der Waals surface area contributed by atoms with Gasteiger partial charge in [0.15, 0.2) is 0 Å². The maximum Gasteiger partial charge on any atom is 0.0909 e. The highest BCUT2D eigenvalue weighted by Gasteiger charge is 2.69. The Balaban J connectivity index is 1.43. The Bertz CT molecular complexity index is 788. The maximum absolute atomic E-state index is 11.6. The van der Waals surface area contributed by atoms with E-state index >= 15 is 0 Å². The van der Waals surface area contributed by atoms with Crippen molar-refractivity contribution in [2.75, 3.05) is 0 Å². The van der Waals surface area contributed by atoms with Crippen LogP contribution in [0.25, 0.3) is 0 Å². The van der Waals surface area contributed by atoms with Crippen molar-refractivity contribution in [3.63, 3.8) is 0 Å². The molecule has 1 aliphatic heterocycles. The van der Waals surface area contributed by atoms with Crippen molar-refractivity contribution in [3.8, 4) is 0 Å². The SMILES string of the molecule is CCC[C@@H](C)C1OC1[C@@H](C)[C@H]1CC[C@@H]2[C@]1(C)CC[C@H]1[C@@]2(NO)C=C[C@@]2(O)C[C@@H](O)CC[C@]12C. The van der Waals surface area contributed by atoms with Gasteiger partial charge in [-0.1, -0.05) is 53.2 Å². The van der Waals surface area contributed by atoms with Crippen molar-refractivity contribution < 1.29 is 20.2 Å². The Morgan fingerprint density at radius 2 is 1.79 bits per heavy atom. The fourth-order valence-electron chi connectivity index (χ4n) is 9.73. The summed E-state index contributed by atoms with van der Waals surface area (Å²) in [5, 5.41) is 32.7. The van der Waals surface area contributed by atoms with Crippen LogP contribution in [0.3, 0.4) is 0 Å². The van der Waals surface area contributed by atoms with E-state index in [1.165, 1.54) is 19.3 Å². The van der Waals surface area contributed by atoms with Crippen LogP contribution < -0.4 is 5.48 Å². The fourth-order valence-corrected chi connectivity index (χ4v) is 9.73. The number of hydrogen-bond acceptors (Lipinski definition) is 5. The van der Waals surface area contributed by atoms with E-state index in [4.69, 9.17) is 4.74 Å². The molecule has 5 nitrogen and oxygen atoms in total. The standard InChI is InChI=1S/C28H47NO4/c1-6-7-17(2)23-24(33-23)18(3)20-8-9-21-25(20,4)12-11-22-26(5)13-10-19(30)16-27(26,31)14-15-28(21,22)29-32/h14-15,17-24,29-32H,6-13,16H2,1-5H3/t17-,18+,19+,20-,21-,22-,23?,24?,25-,26-,27-,28-/m1/s1. The maximum atomic E-state index is 11.6. The molecule has 12 atom stereocenters. The zero-order chi connectivity index (χ0) is 23.8. The summed E-state index contributed by atoms with van der Waals surface area (Å²) < 4.78 is 6.26. The summed E-state index contributed by atoms with van der Waals surface area (Å²) in [6, 6.07) is 0. The van der Waals surface area contributed by atoms with Crippen LogP contribution >= 0.6 is 0 Å². The Labute approximate surface area is 200 Å². The number of hydrogen-bond donors (Lipinski definition) is 4. The summed E-state index contributed by atoms with van der Waals surface area (Å²) in [5.41, 5.74) is 1.14. The normalized spacial score (nSPS) is 54.8. The lowest BCUT2D eigenvalue weighted by Gasteiger charge is -2.65. The molecule has 0 aromatic heterocycles. The van der Waals surface area contributed by atoms with Crippen LogP contribution in [0.4, 0.5) is 0 Å². The summed E-state index contributed by atoms with van der Waals surface area (Å²) in [6.07, 6.45) is 13.1. The van der Waals surface area contributed by atoms with Crippen molar-refractivity contribution in [1.29, 1.82) is 0 Å². The van der Waals surface area contributed by atoms with Crippen molar-refractivity contribution >= 4 is 0 Å². The van der Waals surface area contributed by atoms with Gasteiger partial charge < -0.3 is 20.2 Å². The molecule has 0 spiro atoms. The van der Waals surface area contributed by atoms with E-state index in [9.17, 15) is 15.4 Å². The molecule has 0 aromatic rings. The van der Waals surface area contributed by atoms with Crippen molar-refractivity contribution in [1.82, 2.24) is 5.48 Å². The number of aliphatic hydroxyl groups excluding tert-OH is 1. The zero-order valence-corrected chi connectivity index (χ0v) is 21.4. The quantitative estimate of drug-likeness (QED) is 0.258.